The van der Waals surface area contributed by atoms with E-state index in [-0.39, 0.29) is 6.09 Å². The number of nitrogens with one attached hydrogen (secondary N) is 1. The minimum atomic E-state index is -0.404. The van der Waals surface area contributed by atoms with Crippen molar-refractivity contribution in [3.8, 4) is 0 Å². The van der Waals surface area contributed by atoms with Gasteiger partial charge in [0.2, 0.25) is 0 Å². The van der Waals surface area contributed by atoms with Crippen LogP contribution in [0, 0.1) is 5.92 Å². The Morgan fingerprint density at radius 3 is 2.30 bits per heavy atom. The van der Waals surface area contributed by atoms with Crippen molar-refractivity contribution >= 4 is 6.09 Å². The second kappa shape index (κ2) is 7.39. The van der Waals surface area contributed by atoms with Gasteiger partial charge in [0.05, 0.1) is 0 Å². The van der Waals surface area contributed by atoms with Crippen molar-refractivity contribution < 1.29 is 9.53 Å². The van der Waals surface area contributed by atoms with E-state index in [1.807, 2.05) is 25.7 Å². The maximum absolute atomic E-state index is 12.1. The van der Waals surface area contributed by atoms with Crippen LogP contribution in [0.2, 0.25) is 0 Å². The molecule has 1 heterocycles. The molecule has 134 valence electrons. The van der Waals surface area contributed by atoms with Crippen LogP contribution in [0.3, 0.4) is 0 Å². The number of likely N-dealkylation sites (N-methyl/N-ethyl adjacent to an activating group) is 1. The first-order chi connectivity index (χ1) is 10.7. The topological polar surface area (TPSA) is 44.8 Å². The molecule has 1 saturated carbocycles. The first-order valence-corrected chi connectivity index (χ1v) is 9.08. The summed E-state index contributed by atoms with van der Waals surface area (Å²) in [5.41, 5.74) is -0.0179. The van der Waals surface area contributed by atoms with Crippen LogP contribution in [0.4, 0.5) is 4.79 Å². The number of carbonyl (C=O) groups excluding carboxylic acids is 1. The van der Waals surface area contributed by atoms with Crippen molar-refractivity contribution in [1.29, 1.82) is 0 Å². The Morgan fingerprint density at radius 2 is 1.87 bits per heavy atom. The van der Waals surface area contributed by atoms with Gasteiger partial charge in [-0.15, -0.1) is 0 Å². The third-order valence-electron chi connectivity index (χ3n) is 5.39. The summed E-state index contributed by atoms with van der Waals surface area (Å²) in [6.07, 6.45) is 5.95. The molecule has 1 N–H and O–H groups in total. The maximum Gasteiger partial charge on any atom is 0.410 e. The van der Waals surface area contributed by atoms with E-state index in [0.717, 1.165) is 39.0 Å². The highest BCUT2D eigenvalue weighted by Gasteiger charge is 2.38. The van der Waals surface area contributed by atoms with Gasteiger partial charge in [0, 0.05) is 25.2 Å². The molecular formula is C18H35N3O2. The largest absolute Gasteiger partial charge is 0.444 e. The van der Waals surface area contributed by atoms with Crippen LogP contribution in [0.1, 0.15) is 52.9 Å². The zero-order valence-corrected chi connectivity index (χ0v) is 15.7. The Bertz CT molecular complexity index is 392. The zero-order valence-electron chi connectivity index (χ0n) is 15.7. The summed E-state index contributed by atoms with van der Waals surface area (Å²) in [5.74, 6) is 0.674. The van der Waals surface area contributed by atoms with Crippen LogP contribution < -0.4 is 5.32 Å². The van der Waals surface area contributed by atoms with E-state index in [0.29, 0.717) is 11.5 Å². The van der Waals surface area contributed by atoms with Gasteiger partial charge < -0.3 is 19.9 Å². The Labute approximate surface area is 141 Å². The molecule has 0 aromatic rings. The molecule has 2 fully saturated rings. The molecule has 0 spiro atoms. The zero-order chi connectivity index (χ0) is 17.1. The molecule has 0 unspecified atom stereocenters. The quantitative estimate of drug-likeness (QED) is 0.844. The monoisotopic (exact) mass is 325 g/mol. The third kappa shape index (κ3) is 5.08. The number of ether oxygens (including phenoxy) is 1. The lowest BCUT2D eigenvalue weighted by Crippen LogP contribution is -2.57. The second-order valence-corrected chi connectivity index (χ2v) is 8.51. The van der Waals surface area contributed by atoms with Crippen molar-refractivity contribution in [2.45, 2.75) is 64.0 Å². The minimum Gasteiger partial charge on any atom is -0.444 e. The molecule has 5 heteroatoms. The van der Waals surface area contributed by atoms with Crippen molar-refractivity contribution in [2.75, 3.05) is 40.3 Å². The summed E-state index contributed by atoms with van der Waals surface area (Å²) in [4.78, 5) is 16.3. The summed E-state index contributed by atoms with van der Waals surface area (Å²) in [6.45, 7) is 9.55. The van der Waals surface area contributed by atoms with Gasteiger partial charge in [0.25, 0.3) is 0 Å². The van der Waals surface area contributed by atoms with Crippen LogP contribution in [0.5, 0.6) is 0 Å². The van der Waals surface area contributed by atoms with E-state index in [4.69, 9.17) is 4.74 Å². The third-order valence-corrected chi connectivity index (χ3v) is 5.39. The molecule has 0 aromatic carbocycles. The Balaban J connectivity index is 1.66. The molecule has 0 aromatic heterocycles. The standard InChI is InChI=1S/C18H35N3O2/c1-17(2,3)23-16(22)21-11-7-15(8-12-21)13-19-14-18(20(4)5)9-6-10-18/h15,19H,6-14H2,1-5H3. The van der Waals surface area contributed by atoms with Gasteiger partial charge in [-0.1, -0.05) is 0 Å². The Kier molecular flexibility index (Phi) is 5.95. The van der Waals surface area contributed by atoms with Crippen LogP contribution in [0.15, 0.2) is 0 Å². The smallest absolute Gasteiger partial charge is 0.410 e. The number of amides is 1. The normalized spacial score (nSPS) is 22.1. The van der Waals surface area contributed by atoms with Gasteiger partial charge in [-0.3, -0.25) is 0 Å². The summed E-state index contributed by atoms with van der Waals surface area (Å²) in [6, 6.07) is 0. The van der Waals surface area contributed by atoms with E-state index in [1.54, 1.807) is 0 Å². The fraction of sp³-hybridized carbons (Fsp3) is 0.944. The first kappa shape index (κ1) is 18.5. The number of carbonyl (C=O) groups is 1. The van der Waals surface area contributed by atoms with Crippen molar-refractivity contribution in [1.82, 2.24) is 15.1 Å². The molecule has 1 saturated heterocycles. The van der Waals surface area contributed by atoms with E-state index in [9.17, 15) is 4.79 Å². The highest BCUT2D eigenvalue weighted by Crippen LogP contribution is 2.35. The van der Waals surface area contributed by atoms with Gasteiger partial charge in [0.15, 0.2) is 0 Å². The molecule has 1 aliphatic carbocycles. The van der Waals surface area contributed by atoms with Crippen LogP contribution in [-0.2, 0) is 4.74 Å². The molecule has 0 bridgehead atoms. The molecule has 0 radical (unpaired) electrons. The molecule has 1 aliphatic heterocycles. The van der Waals surface area contributed by atoms with E-state index < -0.39 is 5.60 Å². The van der Waals surface area contributed by atoms with Gasteiger partial charge in [-0.05, 0) is 79.4 Å². The fourth-order valence-electron chi connectivity index (χ4n) is 3.52. The number of piperidine rings is 1. The maximum atomic E-state index is 12.1. The second-order valence-electron chi connectivity index (χ2n) is 8.51. The molecule has 1 amide bonds. The fourth-order valence-corrected chi connectivity index (χ4v) is 3.52. The van der Waals surface area contributed by atoms with Crippen molar-refractivity contribution in [3.05, 3.63) is 0 Å². The molecular weight excluding hydrogens is 290 g/mol. The molecule has 2 rings (SSSR count). The van der Waals surface area contributed by atoms with Crippen LogP contribution >= 0.6 is 0 Å². The van der Waals surface area contributed by atoms with Crippen LogP contribution in [0.25, 0.3) is 0 Å². The van der Waals surface area contributed by atoms with Gasteiger partial charge in [0.1, 0.15) is 5.60 Å². The molecule has 2 aliphatic rings. The van der Waals surface area contributed by atoms with Crippen molar-refractivity contribution in [3.63, 3.8) is 0 Å². The number of rotatable bonds is 5. The number of hydrogen-bond acceptors (Lipinski definition) is 4. The average molecular weight is 325 g/mol. The summed E-state index contributed by atoms with van der Waals surface area (Å²) in [7, 11) is 4.39. The summed E-state index contributed by atoms with van der Waals surface area (Å²) < 4.78 is 5.45. The summed E-state index contributed by atoms with van der Waals surface area (Å²) >= 11 is 0. The lowest BCUT2D eigenvalue weighted by Gasteiger charge is -2.48. The number of nitrogens with zero attached hydrogens (tertiary/aromatic N) is 2. The average Bonchev–Trinajstić information content (AvgIpc) is 2.40. The lowest BCUT2D eigenvalue weighted by atomic mass is 9.75. The van der Waals surface area contributed by atoms with E-state index >= 15 is 0 Å². The molecule has 0 atom stereocenters. The van der Waals surface area contributed by atoms with Crippen LogP contribution in [-0.4, -0.2) is 67.3 Å². The first-order valence-electron chi connectivity index (χ1n) is 9.08. The van der Waals surface area contributed by atoms with E-state index in [2.05, 4.69) is 24.3 Å². The van der Waals surface area contributed by atoms with Gasteiger partial charge in [-0.25, -0.2) is 4.79 Å². The Morgan fingerprint density at radius 1 is 1.26 bits per heavy atom. The number of likely N-dealkylation sites (tertiary alicyclic amines) is 1. The summed E-state index contributed by atoms with van der Waals surface area (Å²) in [5, 5.41) is 3.69. The predicted octanol–water partition coefficient (Wildman–Crippen LogP) is 2.71. The van der Waals surface area contributed by atoms with Crippen molar-refractivity contribution in [2.24, 2.45) is 5.92 Å². The SMILES string of the molecule is CN(C)C1(CNCC2CCN(C(=O)OC(C)(C)C)CC2)CCC1. The van der Waals surface area contributed by atoms with E-state index in [1.165, 1.54) is 19.3 Å². The lowest BCUT2D eigenvalue weighted by molar-refractivity contribution is 0.0179. The molecule has 23 heavy (non-hydrogen) atoms. The highest BCUT2D eigenvalue weighted by molar-refractivity contribution is 5.68. The van der Waals surface area contributed by atoms with Gasteiger partial charge >= 0.3 is 6.09 Å². The van der Waals surface area contributed by atoms with Gasteiger partial charge in [-0.2, -0.15) is 0 Å². The minimum absolute atomic E-state index is 0.162. The predicted molar refractivity (Wildman–Crippen MR) is 93.7 cm³/mol. The number of hydrogen-bond donors (Lipinski definition) is 1. The Hall–Kier alpha value is -0.810. The molecule has 5 nitrogen and oxygen atoms in total. The highest BCUT2D eigenvalue weighted by atomic mass is 16.6.